The highest BCUT2D eigenvalue weighted by Gasteiger charge is 2.40. The van der Waals surface area contributed by atoms with Crippen LogP contribution in [0.1, 0.15) is 83.4 Å². The normalized spacial score (nSPS) is 18.0. The fourth-order valence-corrected chi connectivity index (χ4v) is 5.13. The van der Waals surface area contributed by atoms with Crippen molar-refractivity contribution < 1.29 is 0 Å². The van der Waals surface area contributed by atoms with Crippen molar-refractivity contribution in [3.8, 4) is 16.8 Å². The lowest BCUT2D eigenvalue weighted by molar-refractivity contribution is 0.436. The predicted molar refractivity (Wildman–Crippen MR) is 123 cm³/mol. The summed E-state index contributed by atoms with van der Waals surface area (Å²) in [7, 11) is 0. The quantitative estimate of drug-likeness (QED) is 0.413. The number of benzene rings is 2. The Hall–Kier alpha value is -2.35. The third kappa shape index (κ3) is 3.04. The number of rotatable bonds is 7. The minimum absolute atomic E-state index is 0.0667. The third-order valence-electron chi connectivity index (χ3n) is 7.53. The van der Waals surface area contributed by atoms with Crippen LogP contribution in [-0.4, -0.2) is 9.78 Å². The second-order valence-corrected chi connectivity index (χ2v) is 9.11. The summed E-state index contributed by atoms with van der Waals surface area (Å²) in [4.78, 5) is 0. The molecule has 2 aromatic carbocycles. The van der Waals surface area contributed by atoms with E-state index in [1.54, 1.807) is 0 Å². The number of aromatic nitrogens is 2. The second-order valence-electron chi connectivity index (χ2n) is 9.11. The van der Waals surface area contributed by atoms with Gasteiger partial charge in [-0.25, -0.2) is 4.68 Å². The van der Waals surface area contributed by atoms with Gasteiger partial charge in [0, 0.05) is 17.8 Å². The molecule has 4 rings (SSSR count). The van der Waals surface area contributed by atoms with E-state index in [-0.39, 0.29) is 10.8 Å². The van der Waals surface area contributed by atoms with Crippen molar-refractivity contribution in [2.24, 2.45) is 0 Å². The van der Waals surface area contributed by atoms with Crippen molar-refractivity contribution in [3.05, 3.63) is 71.5 Å². The molecule has 0 saturated heterocycles. The Morgan fingerprint density at radius 1 is 0.966 bits per heavy atom. The number of hydrogen-bond donors (Lipinski definition) is 0. The molecule has 1 heterocycles. The predicted octanol–water partition coefficient (Wildman–Crippen LogP) is 7.43. The summed E-state index contributed by atoms with van der Waals surface area (Å²) in [6, 6.07) is 16.0. The van der Waals surface area contributed by atoms with Crippen LogP contribution in [0.15, 0.2) is 54.9 Å². The second kappa shape index (κ2) is 7.48. The molecule has 2 heteroatoms. The lowest BCUT2D eigenvalue weighted by atomic mass is 9.73. The fraction of sp³-hybridized carbons (Fsp3) is 0.444. The van der Waals surface area contributed by atoms with E-state index in [0.29, 0.717) is 0 Å². The topological polar surface area (TPSA) is 17.8 Å². The molecule has 1 aromatic heterocycles. The maximum Gasteiger partial charge on any atom is 0.0686 e. The molecule has 3 aromatic rings. The van der Waals surface area contributed by atoms with Crippen molar-refractivity contribution in [1.82, 2.24) is 9.78 Å². The van der Waals surface area contributed by atoms with Crippen LogP contribution in [0, 0.1) is 0 Å². The first-order valence-electron chi connectivity index (χ1n) is 11.3. The Morgan fingerprint density at radius 3 is 2.38 bits per heavy atom. The average Bonchev–Trinajstić information content (AvgIpc) is 3.38. The van der Waals surface area contributed by atoms with E-state index in [2.05, 4.69) is 87.0 Å². The van der Waals surface area contributed by atoms with Crippen LogP contribution < -0.4 is 0 Å². The number of unbranched alkanes of at least 4 members (excludes halogenated alkanes) is 1. The highest BCUT2D eigenvalue weighted by atomic mass is 15.3. The summed E-state index contributed by atoms with van der Waals surface area (Å²) in [5, 5.41) is 4.63. The Kier molecular flexibility index (Phi) is 5.14. The monoisotopic (exact) mass is 386 g/mol. The zero-order valence-electron chi connectivity index (χ0n) is 18.6. The highest BCUT2D eigenvalue weighted by Crippen LogP contribution is 2.53. The molecule has 1 aliphatic rings. The summed E-state index contributed by atoms with van der Waals surface area (Å²) >= 11 is 0. The molecule has 0 bridgehead atoms. The summed E-state index contributed by atoms with van der Waals surface area (Å²) < 4.78 is 2.07. The molecule has 0 aliphatic heterocycles. The van der Waals surface area contributed by atoms with Gasteiger partial charge in [-0.05, 0) is 70.7 Å². The van der Waals surface area contributed by atoms with E-state index < -0.39 is 0 Å². The maximum atomic E-state index is 4.63. The molecule has 0 N–H and O–H groups in total. The first-order valence-corrected chi connectivity index (χ1v) is 11.3. The summed E-state index contributed by atoms with van der Waals surface area (Å²) in [5.74, 6) is 0. The zero-order valence-corrected chi connectivity index (χ0v) is 18.6. The van der Waals surface area contributed by atoms with Gasteiger partial charge in [-0.3, -0.25) is 0 Å². The van der Waals surface area contributed by atoms with E-state index in [4.69, 9.17) is 0 Å². The van der Waals surface area contributed by atoms with E-state index in [0.717, 1.165) is 12.8 Å². The molecule has 0 amide bonds. The Labute approximate surface area is 176 Å². The summed E-state index contributed by atoms with van der Waals surface area (Å²) in [6.07, 6.45) is 9.85. The average molecular weight is 387 g/mol. The van der Waals surface area contributed by atoms with E-state index >= 15 is 0 Å². The van der Waals surface area contributed by atoms with Crippen LogP contribution >= 0.6 is 0 Å². The van der Waals surface area contributed by atoms with Crippen LogP contribution in [0.2, 0.25) is 0 Å². The van der Waals surface area contributed by atoms with Gasteiger partial charge in [0.2, 0.25) is 0 Å². The van der Waals surface area contributed by atoms with Crippen LogP contribution in [0.3, 0.4) is 0 Å². The fourth-order valence-electron chi connectivity index (χ4n) is 5.13. The molecule has 0 saturated carbocycles. The summed E-state index contributed by atoms with van der Waals surface area (Å²) in [6.45, 7) is 11.8. The number of fused-ring (bicyclic) bond motifs is 3. The van der Waals surface area contributed by atoms with Gasteiger partial charge < -0.3 is 0 Å². The van der Waals surface area contributed by atoms with E-state index in [9.17, 15) is 0 Å². The van der Waals surface area contributed by atoms with Crippen molar-refractivity contribution >= 4 is 0 Å². The minimum atomic E-state index is 0.0667. The molecular weight excluding hydrogens is 352 g/mol. The molecule has 1 atom stereocenters. The summed E-state index contributed by atoms with van der Waals surface area (Å²) in [5.41, 5.74) is 8.67. The molecule has 0 spiro atoms. The van der Waals surface area contributed by atoms with Gasteiger partial charge >= 0.3 is 0 Å². The van der Waals surface area contributed by atoms with E-state index in [1.807, 2.05) is 12.3 Å². The van der Waals surface area contributed by atoms with E-state index in [1.165, 1.54) is 52.8 Å². The van der Waals surface area contributed by atoms with Gasteiger partial charge in [0.05, 0.1) is 5.69 Å². The smallest absolute Gasteiger partial charge is 0.0686 e. The number of nitrogens with zero attached hydrogens (tertiary/aromatic N) is 2. The van der Waals surface area contributed by atoms with Crippen LogP contribution in [0.4, 0.5) is 0 Å². The molecule has 152 valence electrons. The Bertz CT molecular complexity index is 995. The van der Waals surface area contributed by atoms with Gasteiger partial charge in [-0.1, -0.05) is 71.7 Å². The highest BCUT2D eigenvalue weighted by molar-refractivity contribution is 5.83. The molecule has 29 heavy (non-hydrogen) atoms. The Morgan fingerprint density at radius 2 is 1.72 bits per heavy atom. The van der Waals surface area contributed by atoms with Crippen molar-refractivity contribution in [3.63, 3.8) is 0 Å². The van der Waals surface area contributed by atoms with Crippen LogP contribution in [0.5, 0.6) is 0 Å². The van der Waals surface area contributed by atoms with Gasteiger partial charge in [0.25, 0.3) is 0 Å². The lowest BCUT2D eigenvalue weighted by Crippen LogP contribution is -2.24. The zero-order chi connectivity index (χ0) is 20.6. The standard InChI is InChI=1S/C27H34N2/c1-6-9-15-27(5)22-14-11-10-13-20(22)21-18-24(26(4,7-2)8-3)25(19-23(21)27)29-17-12-16-28-29/h10-14,16-19H,6-9,15H2,1-5H3. The molecule has 0 radical (unpaired) electrons. The van der Waals surface area contributed by atoms with Crippen LogP contribution in [0.25, 0.3) is 16.8 Å². The van der Waals surface area contributed by atoms with Gasteiger partial charge in [-0.2, -0.15) is 5.10 Å². The van der Waals surface area contributed by atoms with Gasteiger partial charge in [0.15, 0.2) is 0 Å². The SMILES string of the molecule is CCCCC1(C)c2ccccc2-c2cc(C(C)(CC)CC)c(-n3cccn3)cc21. The third-order valence-corrected chi connectivity index (χ3v) is 7.53. The van der Waals surface area contributed by atoms with Crippen molar-refractivity contribution in [1.29, 1.82) is 0 Å². The first kappa shape index (κ1) is 19.9. The van der Waals surface area contributed by atoms with Gasteiger partial charge in [0.1, 0.15) is 0 Å². The molecule has 1 aliphatic carbocycles. The largest absolute Gasteiger partial charge is 0.241 e. The van der Waals surface area contributed by atoms with Gasteiger partial charge in [-0.15, -0.1) is 0 Å². The maximum absolute atomic E-state index is 4.63. The van der Waals surface area contributed by atoms with Crippen molar-refractivity contribution in [2.45, 2.75) is 77.6 Å². The first-order chi connectivity index (χ1) is 14.0. The lowest BCUT2D eigenvalue weighted by Gasteiger charge is -2.32. The molecule has 0 fully saturated rings. The van der Waals surface area contributed by atoms with Crippen molar-refractivity contribution in [2.75, 3.05) is 0 Å². The molecular formula is C27H34N2. The van der Waals surface area contributed by atoms with Crippen LogP contribution in [-0.2, 0) is 10.8 Å². The Balaban J connectivity index is 2.02. The number of hydrogen-bond acceptors (Lipinski definition) is 1. The minimum Gasteiger partial charge on any atom is -0.241 e. The molecule has 2 nitrogen and oxygen atoms in total. The molecule has 1 unspecified atom stereocenters.